The Morgan fingerprint density at radius 2 is 2.00 bits per heavy atom. The molecule has 0 bridgehead atoms. The van der Waals surface area contributed by atoms with Gasteiger partial charge in [-0.2, -0.15) is 0 Å². The number of hydrogen-bond donors (Lipinski definition) is 1. The minimum absolute atomic E-state index is 0.0275. The van der Waals surface area contributed by atoms with E-state index in [1.165, 1.54) is 7.11 Å². The van der Waals surface area contributed by atoms with Crippen LogP contribution in [0.5, 0.6) is 0 Å². The van der Waals surface area contributed by atoms with Crippen molar-refractivity contribution in [2.24, 2.45) is 5.92 Å². The van der Waals surface area contributed by atoms with Gasteiger partial charge in [-0.15, -0.1) is 0 Å². The number of likely N-dealkylation sites (tertiary alicyclic amines) is 1. The van der Waals surface area contributed by atoms with Gasteiger partial charge in [0, 0.05) is 18.5 Å². The maximum Gasteiger partial charge on any atom is 0.308 e. The van der Waals surface area contributed by atoms with Gasteiger partial charge in [0.15, 0.2) is 0 Å². The molecule has 24 heavy (non-hydrogen) atoms. The number of nitrogens with two attached hydrogens (primary N) is 1. The number of fused-ring (bicyclic) bond motifs is 1. The number of piperidine rings is 1. The molecule has 2 aromatic rings. The molecule has 0 radical (unpaired) electrons. The number of nitrogens with zero attached hydrogens (tertiary/aromatic N) is 2. The molecule has 1 aromatic heterocycles. The highest BCUT2D eigenvalue weighted by molar-refractivity contribution is 5.89. The topological polar surface area (TPSA) is 85.5 Å². The Bertz CT molecular complexity index is 767. The number of methoxy groups -OCH3 is 1. The van der Waals surface area contributed by atoms with Crippen molar-refractivity contribution in [3.63, 3.8) is 0 Å². The summed E-state index contributed by atoms with van der Waals surface area (Å²) in [5.74, 6) is -0.258. The number of nitrogen functional groups attached to an aromatic ring is 1. The molecule has 1 aliphatic rings. The molecule has 1 fully saturated rings. The number of rotatable bonds is 3. The largest absolute Gasteiger partial charge is 0.469 e. The first-order valence-electron chi connectivity index (χ1n) is 8.08. The maximum atomic E-state index is 12.5. The van der Waals surface area contributed by atoms with E-state index in [1.54, 1.807) is 11.0 Å². The number of carbonyl (C=O) groups is 2. The average Bonchev–Trinajstić information content (AvgIpc) is 2.62. The minimum atomic E-state index is -0.186. The summed E-state index contributed by atoms with van der Waals surface area (Å²) >= 11 is 0. The first-order chi connectivity index (χ1) is 11.6. The fraction of sp³-hybridized carbons (Fsp3) is 0.389. The third-order valence-corrected chi connectivity index (χ3v) is 4.52. The van der Waals surface area contributed by atoms with Gasteiger partial charge in [0.2, 0.25) is 5.91 Å². The molecule has 0 saturated carbocycles. The van der Waals surface area contributed by atoms with Crippen molar-refractivity contribution in [1.82, 2.24) is 9.88 Å². The van der Waals surface area contributed by atoms with Crippen LogP contribution in [0.15, 0.2) is 30.3 Å². The Morgan fingerprint density at radius 1 is 1.25 bits per heavy atom. The predicted molar refractivity (Wildman–Crippen MR) is 91.2 cm³/mol. The standard InChI is InChI=1S/C18H21N3O3/c1-24-18(23)13-7-9-21(10-8-13)16(22)11-14-6-5-12-3-2-4-15(19)17(12)20-14/h2-6,13H,7-11,19H2,1H3. The lowest BCUT2D eigenvalue weighted by atomic mass is 9.97. The van der Waals surface area contributed by atoms with Gasteiger partial charge in [-0.25, -0.2) is 0 Å². The Balaban J connectivity index is 1.65. The fourth-order valence-electron chi connectivity index (χ4n) is 3.11. The number of hydrogen-bond acceptors (Lipinski definition) is 5. The smallest absolute Gasteiger partial charge is 0.308 e. The van der Waals surface area contributed by atoms with Crippen molar-refractivity contribution in [3.05, 3.63) is 36.0 Å². The van der Waals surface area contributed by atoms with Gasteiger partial charge in [0.25, 0.3) is 0 Å². The third kappa shape index (κ3) is 3.32. The molecule has 0 aliphatic carbocycles. The molecule has 2 heterocycles. The first kappa shape index (κ1) is 16.2. The van der Waals surface area contributed by atoms with Crippen molar-refractivity contribution in [1.29, 1.82) is 0 Å². The molecule has 0 spiro atoms. The lowest BCUT2D eigenvalue weighted by Gasteiger charge is -2.30. The van der Waals surface area contributed by atoms with Crippen LogP contribution in [-0.4, -0.2) is 42.0 Å². The van der Waals surface area contributed by atoms with Crippen LogP contribution in [-0.2, 0) is 20.7 Å². The van der Waals surface area contributed by atoms with E-state index in [-0.39, 0.29) is 24.2 Å². The van der Waals surface area contributed by atoms with Crippen molar-refractivity contribution < 1.29 is 14.3 Å². The Morgan fingerprint density at radius 3 is 2.71 bits per heavy atom. The molecular weight excluding hydrogens is 306 g/mol. The number of amides is 1. The molecule has 1 aromatic carbocycles. The number of anilines is 1. The summed E-state index contributed by atoms with van der Waals surface area (Å²) < 4.78 is 4.77. The van der Waals surface area contributed by atoms with E-state index < -0.39 is 0 Å². The molecule has 6 heteroatoms. The van der Waals surface area contributed by atoms with Crippen molar-refractivity contribution in [3.8, 4) is 0 Å². The van der Waals surface area contributed by atoms with Gasteiger partial charge >= 0.3 is 5.97 Å². The van der Waals surface area contributed by atoms with Crippen molar-refractivity contribution in [2.45, 2.75) is 19.3 Å². The second-order valence-corrected chi connectivity index (χ2v) is 6.08. The molecule has 1 saturated heterocycles. The van der Waals surface area contributed by atoms with Gasteiger partial charge in [-0.05, 0) is 25.0 Å². The van der Waals surface area contributed by atoms with Crippen molar-refractivity contribution in [2.75, 3.05) is 25.9 Å². The van der Waals surface area contributed by atoms with E-state index in [0.717, 1.165) is 10.9 Å². The number of para-hydroxylation sites is 1. The number of pyridine rings is 1. The highest BCUT2D eigenvalue weighted by Gasteiger charge is 2.27. The lowest BCUT2D eigenvalue weighted by molar-refractivity contribution is -0.148. The zero-order valence-corrected chi connectivity index (χ0v) is 13.7. The van der Waals surface area contributed by atoms with Crippen LogP contribution in [0.3, 0.4) is 0 Å². The summed E-state index contributed by atoms with van der Waals surface area (Å²) in [6.45, 7) is 1.16. The van der Waals surface area contributed by atoms with E-state index in [0.29, 0.717) is 37.3 Å². The summed E-state index contributed by atoms with van der Waals surface area (Å²) in [5, 5.41) is 0.963. The van der Waals surface area contributed by atoms with Gasteiger partial charge in [-0.3, -0.25) is 14.6 Å². The van der Waals surface area contributed by atoms with E-state index in [1.807, 2.05) is 24.3 Å². The molecule has 1 amide bonds. The van der Waals surface area contributed by atoms with Gasteiger partial charge in [0.05, 0.1) is 36.3 Å². The van der Waals surface area contributed by atoms with Gasteiger partial charge < -0.3 is 15.4 Å². The predicted octanol–water partition coefficient (Wildman–Crippen LogP) is 1.77. The van der Waals surface area contributed by atoms with Crippen LogP contribution in [0, 0.1) is 5.92 Å². The first-order valence-corrected chi connectivity index (χ1v) is 8.08. The number of esters is 1. The monoisotopic (exact) mass is 327 g/mol. The Kier molecular flexibility index (Phi) is 4.64. The summed E-state index contributed by atoms with van der Waals surface area (Å²) in [7, 11) is 1.40. The Hall–Kier alpha value is -2.63. The molecule has 0 unspecified atom stereocenters. The highest BCUT2D eigenvalue weighted by Crippen LogP contribution is 2.21. The quantitative estimate of drug-likeness (QED) is 0.686. The second kappa shape index (κ2) is 6.86. The summed E-state index contributed by atoms with van der Waals surface area (Å²) in [6.07, 6.45) is 1.54. The van der Waals surface area contributed by atoms with Crippen molar-refractivity contribution >= 4 is 28.5 Å². The average molecular weight is 327 g/mol. The molecule has 0 atom stereocenters. The summed E-state index contributed by atoms with van der Waals surface area (Å²) in [4.78, 5) is 30.3. The van der Waals surface area contributed by atoms with Gasteiger partial charge in [0.1, 0.15) is 0 Å². The number of ether oxygens (including phenoxy) is 1. The highest BCUT2D eigenvalue weighted by atomic mass is 16.5. The number of aromatic nitrogens is 1. The minimum Gasteiger partial charge on any atom is -0.469 e. The van der Waals surface area contributed by atoms with E-state index in [9.17, 15) is 9.59 Å². The molecule has 126 valence electrons. The third-order valence-electron chi connectivity index (χ3n) is 4.52. The lowest BCUT2D eigenvalue weighted by Crippen LogP contribution is -2.41. The Labute approximate surface area is 140 Å². The van der Waals surface area contributed by atoms with Gasteiger partial charge in [-0.1, -0.05) is 18.2 Å². The summed E-state index contributed by atoms with van der Waals surface area (Å²) in [6, 6.07) is 9.43. The SMILES string of the molecule is COC(=O)C1CCN(C(=O)Cc2ccc3cccc(N)c3n2)CC1. The molecule has 1 aliphatic heterocycles. The number of carbonyl (C=O) groups excluding carboxylic acids is 2. The van der Waals surface area contributed by atoms with E-state index in [4.69, 9.17) is 10.5 Å². The molecular formula is C18H21N3O3. The molecule has 3 rings (SSSR count). The van der Waals surface area contributed by atoms with Crippen LogP contribution in [0.2, 0.25) is 0 Å². The summed E-state index contributed by atoms with van der Waals surface area (Å²) in [5.41, 5.74) is 8.00. The fourth-order valence-corrected chi connectivity index (χ4v) is 3.11. The van der Waals surface area contributed by atoms with Crippen LogP contribution in [0.1, 0.15) is 18.5 Å². The zero-order chi connectivity index (χ0) is 17.1. The van der Waals surface area contributed by atoms with Crippen LogP contribution in [0.25, 0.3) is 10.9 Å². The van der Waals surface area contributed by atoms with Crippen LogP contribution in [0.4, 0.5) is 5.69 Å². The molecule has 6 nitrogen and oxygen atoms in total. The maximum absolute atomic E-state index is 12.5. The molecule has 2 N–H and O–H groups in total. The number of benzene rings is 1. The van der Waals surface area contributed by atoms with E-state index in [2.05, 4.69) is 4.98 Å². The second-order valence-electron chi connectivity index (χ2n) is 6.08. The zero-order valence-electron chi connectivity index (χ0n) is 13.7. The van der Waals surface area contributed by atoms with E-state index >= 15 is 0 Å². The normalized spacial score (nSPS) is 15.5. The van der Waals surface area contributed by atoms with Crippen LogP contribution >= 0.6 is 0 Å². The van der Waals surface area contributed by atoms with Crippen LogP contribution < -0.4 is 5.73 Å².